The highest BCUT2D eigenvalue weighted by Crippen LogP contribution is 2.37. The van der Waals surface area contributed by atoms with Crippen molar-refractivity contribution in [3.8, 4) is 5.75 Å². The third-order valence-electron chi connectivity index (χ3n) is 3.45. The second kappa shape index (κ2) is 4.63. The van der Waals surface area contributed by atoms with Gasteiger partial charge in [0.25, 0.3) is 0 Å². The molecule has 17 heavy (non-hydrogen) atoms. The van der Waals surface area contributed by atoms with Crippen molar-refractivity contribution in [2.24, 2.45) is 5.73 Å². The van der Waals surface area contributed by atoms with Crippen LogP contribution in [0.1, 0.15) is 31.2 Å². The highest BCUT2D eigenvalue weighted by molar-refractivity contribution is 5.33. The van der Waals surface area contributed by atoms with Crippen molar-refractivity contribution in [3.63, 3.8) is 0 Å². The summed E-state index contributed by atoms with van der Waals surface area (Å²) in [5, 5.41) is 10.5. The van der Waals surface area contributed by atoms with Gasteiger partial charge in [0.1, 0.15) is 0 Å². The van der Waals surface area contributed by atoms with Gasteiger partial charge >= 0.3 is 0 Å². The summed E-state index contributed by atoms with van der Waals surface area (Å²) in [6.07, 6.45) is 2.90. The summed E-state index contributed by atoms with van der Waals surface area (Å²) in [5.74, 6) is -0.255. The highest BCUT2D eigenvalue weighted by Gasteiger charge is 2.35. The molecule has 0 aliphatic heterocycles. The summed E-state index contributed by atoms with van der Waals surface area (Å²) in [6, 6.07) is 4.58. The summed E-state index contributed by atoms with van der Waals surface area (Å²) >= 11 is 0. The Balaban J connectivity index is 2.29. The van der Waals surface area contributed by atoms with Gasteiger partial charge in [0.15, 0.2) is 11.6 Å². The third kappa shape index (κ3) is 2.42. The molecule has 1 saturated carbocycles. The van der Waals surface area contributed by atoms with Gasteiger partial charge in [0.05, 0.1) is 12.7 Å². The van der Waals surface area contributed by atoms with Crippen LogP contribution in [0.2, 0.25) is 0 Å². The van der Waals surface area contributed by atoms with Crippen LogP contribution in [0.15, 0.2) is 18.2 Å². The van der Waals surface area contributed by atoms with E-state index in [9.17, 15) is 9.50 Å². The molecule has 1 aliphatic carbocycles. The number of halogens is 1. The molecule has 0 saturated heterocycles. The first kappa shape index (κ1) is 12.3. The fraction of sp³-hybridized carbons (Fsp3) is 0.538. The second-order valence-electron chi connectivity index (χ2n) is 4.74. The first-order valence-electron chi connectivity index (χ1n) is 5.87. The zero-order valence-corrected chi connectivity index (χ0v) is 9.95. The fourth-order valence-corrected chi connectivity index (χ4v) is 2.51. The summed E-state index contributed by atoms with van der Waals surface area (Å²) in [6.45, 7) is 0. The Hall–Kier alpha value is -1.13. The summed E-state index contributed by atoms with van der Waals surface area (Å²) in [5.41, 5.74) is 5.46. The maximum Gasteiger partial charge on any atom is 0.165 e. The number of rotatable bonds is 2. The van der Waals surface area contributed by atoms with Gasteiger partial charge < -0.3 is 15.6 Å². The molecule has 3 nitrogen and oxygen atoms in total. The molecule has 0 amide bonds. The lowest BCUT2D eigenvalue weighted by Gasteiger charge is -2.35. The number of ether oxygens (including phenoxy) is 1. The molecular formula is C13H18FNO2. The first-order valence-corrected chi connectivity index (χ1v) is 5.87. The van der Waals surface area contributed by atoms with E-state index in [1.807, 2.05) is 0 Å². The van der Waals surface area contributed by atoms with Crippen molar-refractivity contribution >= 4 is 0 Å². The van der Waals surface area contributed by atoms with Gasteiger partial charge in [0, 0.05) is 6.04 Å². The van der Waals surface area contributed by atoms with E-state index in [0.29, 0.717) is 18.4 Å². The predicted octanol–water partition coefficient (Wildman–Crippen LogP) is 1.92. The van der Waals surface area contributed by atoms with Crippen LogP contribution < -0.4 is 10.5 Å². The van der Waals surface area contributed by atoms with E-state index in [2.05, 4.69) is 0 Å². The maximum absolute atomic E-state index is 13.6. The molecule has 94 valence electrons. The zero-order valence-electron chi connectivity index (χ0n) is 9.95. The lowest BCUT2D eigenvalue weighted by atomic mass is 9.77. The van der Waals surface area contributed by atoms with Crippen molar-refractivity contribution in [1.29, 1.82) is 0 Å². The Morgan fingerprint density at radius 2 is 2.29 bits per heavy atom. The SMILES string of the molecule is COc1ccc(C2(O)CCCC(N)C2)cc1F. The van der Waals surface area contributed by atoms with Gasteiger partial charge in [0.2, 0.25) is 0 Å². The largest absolute Gasteiger partial charge is 0.494 e. The van der Waals surface area contributed by atoms with Crippen LogP contribution in [0.5, 0.6) is 5.75 Å². The van der Waals surface area contributed by atoms with E-state index in [0.717, 1.165) is 12.8 Å². The molecule has 0 heterocycles. The number of benzene rings is 1. The molecular weight excluding hydrogens is 221 g/mol. The van der Waals surface area contributed by atoms with Crippen LogP contribution in [0.3, 0.4) is 0 Å². The van der Waals surface area contributed by atoms with Crippen molar-refractivity contribution < 1.29 is 14.2 Å². The van der Waals surface area contributed by atoms with E-state index >= 15 is 0 Å². The molecule has 1 aliphatic rings. The highest BCUT2D eigenvalue weighted by atomic mass is 19.1. The number of hydrogen-bond acceptors (Lipinski definition) is 3. The molecule has 1 fully saturated rings. The van der Waals surface area contributed by atoms with Crippen LogP contribution in [-0.4, -0.2) is 18.3 Å². The molecule has 1 aromatic carbocycles. The van der Waals surface area contributed by atoms with E-state index in [1.54, 1.807) is 12.1 Å². The van der Waals surface area contributed by atoms with E-state index < -0.39 is 11.4 Å². The van der Waals surface area contributed by atoms with Crippen LogP contribution >= 0.6 is 0 Å². The van der Waals surface area contributed by atoms with Gasteiger partial charge in [-0.05, 0) is 43.4 Å². The Morgan fingerprint density at radius 1 is 1.53 bits per heavy atom. The van der Waals surface area contributed by atoms with E-state index in [4.69, 9.17) is 10.5 Å². The molecule has 0 radical (unpaired) electrons. The quantitative estimate of drug-likeness (QED) is 0.829. The Labute approximate surface area is 100 Å². The van der Waals surface area contributed by atoms with Crippen molar-refractivity contribution in [3.05, 3.63) is 29.6 Å². The number of nitrogens with two attached hydrogens (primary N) is 1. The van der Waals surface area contributed by atoms with Gasteiger partial charge in [-0.25, -0.2) is 4.39 Å². The standard InChI is InChI=1S/C13H18FNO2/c1-17-12-5-4-9(7-11(12)14)13(16)6-2-3-10(15)8-13/h4-5,7,10,16H,2-3,6,8,15H2,1H3. The number of hydrogen-bond donors (Lipinski definition) is 2. The van der Waals surface area contributed by atoms with Gasteiger partial charge in [-0.1, -0.05) is 6.07 Å². The van der Waals surface area contributed by atoms with Crippen LogP contribution in [-0.2, 0) is 5.60 Å². The van der Waals surface area contributed by atoms with E-state index in [-0.39, 0.29) is 11.8 Å². The molecule has 0 bridgehead atoms. The normalized spacial score (nSPS) is 29.1. The van der Waals surface area contributed by atoms with E-state index in [1.165, 1.54) is 13.2 Å². The molecule has 2 rings (SSSR count). The Morgan fingerprint density at radius 3 is 2.88 bits per heavy atom. The van der Waals surface area contributed by atoms with Crippen LogP contribution in [0.4, 0.5) is 4.39 Å². The first-order chi connectivity index (χ1) is 8.05. The molecule has 1 aromatic rings. The third-order valence-corrected chi connectivity index (χ3v) is 3.45. The molecule has 3 N–H and O–H groups in total. The van der Waals surface area contributed by atoms with Gasteiger partial charge in [-0.2, -0.15) is 0 Å². The zero-order chi connectivity index (χ0) is 12.5. The lowest BCUT2D eigenvalue weighted by Crippen LogP contribution is -2.39. The summed E-state index contributed by atoms with van der Waals surface area (Å²) in [4.78, 5) is 0. The lowest BCUT2D eigenvalue weighted by molar-refractivity contribution is -0.00746. The summed E-state index contributed by atoms with van der Waals surface area (Å²) in [7, 11) is 1.42. The topological polar surface area (TPSA) is 55.5 Å². The fourth-order valence-electron chi connectivity index (χ4n) is 2.51. The number of methoxy groups -OCH3 is 1. The predicted molar refractivity (Wildman–Crippen MR) is 63.3 cm³/mol. The molecule has 0 spiro atoms. The molecule has 2 unspecified atom stereocenters. The van der Waals surface area contributed by atoms with Gasteiger partial charge in [-0.15, -0.1) is 0 Å². The average Bonchev–Trinajstić information content (AvgIpc) is 2.28. The minimum absolute atomic E-state index is 0.0149. The average molecular weight is 239 g/mol. The van der Waals surface area contributed by atoms with Crippen LogP contribution in [0, 0.1) is 5.82 Å². The van der Waals surface area contributed by atoms with Crippen molar-refractivity contribution in [2.45, 2.75) is 37.3 Å². The second-order valence-corrected chi connectivity index (χ2v) is 4.74. The molecule has 2 atom stereocenters. The maximum atomic E-state index is 13.6. The summed E-state index contributed by atoms with van der Waals surface area (Å²) < 4.78 is 18.5. The monoisotopic (exact) mass is 239 g/mol. The van der Waals surface area contributed by atoms with Crippen molar-refractivity contribution in [1.82, 2.24) is 0 Å². The Kier molecular flexibility index (Phi) is 3.35. The Bertz CT molecular complexity index is 410. The minimum Gasteiger partial charge on any atom is -0.494 e. The van der Waals surface area contributed by atoms with Gasteiger partial charge in [-0.3, -0.25) is 0 Å². The van der Waals surface area contributed by atoms with Crippen LogP contribution in [0.25, 0.3) is 0 Å². The molecule has 4 heteroatoms. The number of aliphatic hydroxyl groups is 1. The van der Waals surface area contributed by atoms with Crippen molar-refractivity contribution in [2.75, 3.05) is 7.11 Å². The molecule has 0 aromatic heterocycles. The minimum atomic E-state index is -0.995. The smallest absolute Gasteiger partial charge is 0.165 e.